The first kappa shape index (κ1) is 19.3. The average Bonchev–Trinajstić information content (AvgIpc) is 3.45. The molecule has 0 unspecified atom stereocenters. The van der Waals surface area contributed by atoms with E-state index in [2.05, 4.69) is 27.0 Å². The molecule has 2 aromatic rings. The Morgan fingerprint density at radius 3 is 2.52 bits per heavy atom. The fourth-order valence-corrected chi connectivity index (χ4v) is 5.68. The fourth-order valence-electron chi connectivity index (χ4n) is 3.99. The Labute approximate surface area is 178 Å². The summed E-state index contributed by atoms with van der Waals surface area (Å²) < 4.78 is 11.5. The second-order valence-corrected chi connectivity index (χ2v) is 9.53. The number of carbonyl (C=O) groups excluding carboxylic acids is 1. The average molecular weight is 433 g/mol. The molecule has 0 bridgehead atoms. The van der Waals surface area contributed by atoms with E-state index in [1.807, 2.05) is 28.2 Å². The predicted octanol–water partition coefficient (Wildman–Crippen LogP) is 2.74. The van der Waals surface area contributed by atoms with Gasteiger partial charge in [-0.2, -0.15) is 11.8 Å². The molecule has 0 atom stereocenters. The number of anilines is 1. The summed E-state index contributed by atoms with van der Waals surface area (Å²) >= 11 is 3.48. The molecule has 3 saturated heterocycles. The topological polar surface area (TPSA) is 67.8 Å². The molecule has 2 aromatic heterocycles. The molecule has 0 radical (unpaired) electrons. The molecule has 7 nitrogen and oxygen atoms in total. The third-order valence-electron chi connectivity index (χ3n) is 5.68. The number of hydrogen-bond donors (Lipinski definition) is 0. The largest absolute Gasteiger partial charge is 0.355 e. The summed E-state index contributed by atoms with van der Waals surface area (Å²) in [6.07, 6.45) is 3.30. The third-order valence-corrected chi connectivity index (χ3v) is 7.51. The van der Waals surface area contributed by atoms with Crippen LogP contribution in [0.5, 0.6) is 0 Å². The maximum absolute atomic E-state index is 12.9. The van der Waals surface area contributed by atoms with Crippen molar-refractivity contribution < 1.29 is 14.3 Å². The van der Waals surface area contributed by atoms with E-state index >= 15 is 0 Å². The molecule has 1 spiro atoms. The Kier molecular flexibility index (Phi) is 5.47. The molecule has 0 aliphatic carbocycles. The van der Waals surface area contributed by atoms with Crippen molar-refractivity contribution in [1.82, 2.24) is 14.9 Å². The van der Waals surface area contributed by atoms with Gasteiger partial charge in [0.2, 0.25) is 0 Å². The zero-order valence-electron chi connectivity index (χ0n) is 16.2. The summed E-state index contributed by atoms with van der Waals surface area (Å²) in [4.78, 5) is 26.3. The van der Waals surface area contributed by atoms with Crippen molar-refractivity contribution in [1.29, 1.82) is 0 Å². The standard InChI is InChI=1S/C20H24N4O3S2/c25-19(24-5-3-20(4-6-24)26-9-10-27-20)16-14-29-18(22-16)15-1-2-17(21-13-15)23-7-11-28-12-8-23/h1-2,13-14H,3-12H2. The second kappa shape index (κ2) is 8.22. The number of likely N-dealkylation sites (tertiary alicyclic amines) is 1. The van der Waals surface area contributed by atoms with Crippen LogP contribution in [0.4, 0.5) is 5.82 Å². The van der Waals surface area contributed by atoms with Crippen molar-refractivity contribution >= 4 is 34.8 Å². The van der Waals surface area contributed by atoms with Crippen LogP contribution in [0, 0.1) is 0 Å². The van der Waals surface area contributed by atoms with E-state index in [9.17, 15) is 4.79 Å². The minimum absolute atomic E-state index is 0.0178. The van der Waals surface area contributed by atoms with E-state index in [4.69, 9.17) is 9.47 Å². The summed E-state index contributed by atoms with van der Waals surface area (Å²) in [7, 11) is 0. The lowest BCUT2D eigenvalue weighted by atomic mass is 10.0. The number of piperidine rings is 1. The Morgan fingerprint density at radius 1 is 1.07 bits per heavy atom. The van der Waals surface area contributed by atoms with Crippen molar-refractivity contribution in [2.24, 2.45) is 0 Å². The minimum Gasteiger partial charge on any atom is -0.355 e. The number of rotatable bonds is 3. The van der Waals surface area contributed by atoms with E-state index in [1.165, 1.54) is 11.3 Å². The van der Waals surface area contributed by atoms with Crippen LogP contribution in [-0.2, 0) is 9.47 Å². The maximum atomic E-state index is 12.9. The van der Waals surface area contributed by atoms with E-state index in [1.54, 1.807) is 0 Å². The van der Waals surface area contributed by atoms with Gasteiger partial charge in [0.05, 0.1) is 13.2 Å². The molecule has 1 amide bonds. The van der Waals surface area contributed by atoms with Crippen molar-refractivity contribution in [3.8, 4) is 10.6 Å². The zero-order valence-corrected chi connectivity index (χ0v) is 17.8. The van der Waals surface area contributed by atoms with Gasteiger partial charge in [0.1, 0.15) is 16.5 Å². The monoisotopic (exact) mass is 432 g/mol. The highest BCUT2D eigenvalue weighted by atomic mass is 32.2. The second-order valence-electron chi connectivity index (χ2n) is 7.44. The fraction of sp³-hybridized carbons (Fsp3) is 0.550. The number of thioether (sulfide) groups is 1. The zero-order chi connectivity index (χ0) is 19.7. The van der Waals surface area contributed by atoms with Gasteiger partial charge in [-0.15, -0.1) is 11.3 Å². The van der Waals surface area contributed by atoms with Gasteiger partial charge in [-0.25, -0.2) is 9.97 Å². The van der Waals surface area contributed by atoms with Gasteiger partial charge < -0.3 is 19.3 Å². The summed E-state index contributed by atoms with van der Waals surface area (Å²) in [6.45, 7) is 4.65. The van der Waals surface area contributed by atoms with Crippen LogP contribution in [0.2, 0.25) is 0 Å². The van der Waals surface area contributed by atoms with Crippen molar-refractivity contribution in [2.45, 2.75) is 18.6 Å². The lowest BCUT2D eigenvalue weighted by Gasteiger charge is -2.37. The van der Waals surface area contributed by atoms with Gasteiger partial charge in [-0.05, 0) is 12.1 Å². The number of ether oxygens (including phenoxy) is 2. The molecular formula is C20H24N4O3S2. The molecule has 3 fully saturated rings. The molecule has 29 heavy (non-hydrogen) atoms. The summed E-state index contributed by atoms with van der Waals surface area (Å²) in [6, 6.07) is 4.11. The lowest BCUT2D eigenvalue weighted by molar-refractivity contribution is -0.181. The van der Waals surface area contributed by atoms with E-state index in [0.29, 0.717) is 32.0 Å². The normalized spacial score (nSPS) is 21.7. The predicted molar refractivity (Wildman–Crippen MR) is 115 cm³/mol. The summed E-state index contributed by atoms with van der Waals surface area (Å²) in [5.74, 6) is 2.83. The SMILES string of the molecule is O=C(c1csc(-c2ccc(N3CCSCC3)nc2)n1)N1CCC2(CC1)OCCO2. The number of aromatic nitrogens is 2. The van der Waals surface area contributed by atoms with Crippen molar-refractivity contribution in [2.75, 3.05) is 55.8 Å². The molecule has 0 saturated carbocycles. The number of pyridine rings is 1. The number of nitrogens with zero attached hydrogens (tertiary/aromatic N) is 4. The molecule has 5 rings (SSSR count). The van der Waals surface area contributed by atoms with Gasteiger partial charge in [0.15, 0.2) is 5.79 Å². The maximum Gasteiger partial charge on any atom is 0.273 e. The summed E-state index contributed by atoms with van der Waals surface area (Å²) in [5.41, 5.74) is 1.46. The molecule has 9 heteroatoms. The number of hydrogen-bond acceptors (Lipinski definition) is 8. The molecule has 5 heterocycles. The van der Waals surface area contributed by atoms with E-state index in [0.717, 1.165) is 53.8 Å². The van der Waals surface area contributed by atoms with E-state index < -0.39 is 5.79 Å². The Bertz CT molecular complexity index is 851. The Hall–Kier alpha value is -1.68. The van der Waals surface area contributed by atoms with Crippen LogP contribution in [0.1, 0.15) is 23.3 Å². The number of carbonyl (C=O) groups is 1. The quantitative estimate of drug-likeness (QED) is 0.739. The van der Waals surface area contributed by atoms with Crippen LogP contribution in [0.3, 0.4) is 0 Å². The first-order valence-corrected chi connectivity index (χ1v) is 12.1. The highest BCUT2D eigenvalue weighted by Crippen LogP contribution is 2.32. The molecule has 0 N–H and O–H groups in total. The van der Waals surface area contributed by atoms with Crippen molar-refractivity contribution in [3.63, 3.8) is 0 Å². The number of amides is 1. The smallest absolute Gasteiger partial charge is 0.273 e. The highest BCUT2D eigenvalue weighted by molar-refractivity contribution is 7.99. The molecular weight excluding hydrogens is 408 g/mol. The molecule has 3 aliphatic rings. The van der Waals surface area contributed by atoms with Crippen molar-refractivity contribution in [3.05, 3.63) is 29.4 Å². The molecule has 0 aromatic carbocycles. The van der Waals surface area contributed by atoms with Crippen LogP contribution >= 0.6 is 23.1 Å². The highest BCUT2D eigenvalue weighted by Gasteiger charge is 2.41. The van der Waals surface area contributed by atoms with Gasteiger partial charge in [0, 0.05) is 67.7 Å². The van der Waals surface area contributed by atoms with Gasteiger partial charge in [-0.3, -0.25) is 4.79 Å². The van der Waals surface area contributed by atoms with Gasteiger partial charge >= 0.3 is 0 Å². The number of thiazole rings is 1. The Morgan fingerprint density at radius 2 is 1.83 bits per heavy atom. The third kappa shape index (κ3) is 4.01. The Balaban J connectivity index is 1.24. The lowest BCUT2D eigenvalue weighted by Crippen LogP contribution is -2.47. The van der Waals surface area contributed by atoms with Gasteiger partial charge in [-0.1, -0.05) is 0 Å². The summed E-state index contributed by atoms with van der Waals surface area (Å²) in [5, 5.41) is 2.68. The van der Waals surface area contributed by atoms with E-state index in [-0.39, 0.29) is 5.91 Å². The van der Waals surface area contributed by atoms with Crippen LogP contribution < -0.4 is 4.90 Å². The van der Waals surface area contributed by atoms with Crippen LogP contribution in [0.25, 0.3) is 10.6 Å². The van der Waals surface area contributed by atoms with Crippen LogP contribution in [0.15, 0.2) is 23.7 Å². The molecule has 154 valence electrons. The van der Waals surface area contributed by atoms with Gasteiger partial charge in [0.25, 0.3) is 5.91 Å². The first-order chi connectivity index (χ1) is 14.2. The molecule has 3 aliphatic heterocycles. The van der Waals surface area contributed by atoms with Crippen LogP contribution in [-0.4, -0.2) is 77.5 Å². The first-order valence-electron chi connectivity index (χ1n) is 10.0. The minimum atomic E-state index is -0.468.